The molecule has 2 unspecified atom stereocenters. The van der Waals surface area contributed by atoms with E-state index in [9.17, 15) is 22.8 Å². The van der Waals surface area contributed by atoms with Gasteiger partial charge in [-0.15, -0.1) is 0 Å². The van der Waals surface area contributed by atoms with Crippen molar-refractivity contribution in [3.05, 3.63) is 105 Å². The maximum absolute atomic E-state index is 14.0. The van der Waals surface area contributed by atoms with Gasteiger partial charge in [0.2, 0.25) is 0 Å². The number of carbonyl (C=O) groups excluding carboxylic acids is 2. The number of rotatable bonds is 2. The number of halogens is 5. The number of anilines is 2. The average molecular weight is 545 g/mol. The monoisotopic (exact) mass is 544 g/mol. The van der Waals surface area contributed by atoms with Crippen molar-refractivity contribution in [1.29, 1.82) is 0 Å². The molecule has 1 amide bonds. The number of nitrogens with one attached hydrogen (secondary N) is 1. The van der Waals surface area contributed by atoms with E-state index in [1.54, 1.807) is 60.7 Å². The van der Waals surface area contributed by atoms with Gasteiger partial charge in [-0.25, -0.2) is 0 Å². The number of aryl methyl sites for hydroxylation is 1. The van der Waals surface area contributed by atoms with Crippen LogP contribution in [0.1, 0.15) is 41.5 Å². The Morgan fingerprint density at radius 2 is 1.62 bits per heavy atom. The van der Waals surface area contributed by atoms with Gasteiger partial charge in [0, 0.05) is 17.7 Å². The summed E-state index contributed by atoms with van der Waals surface area (Å²) in [6, 6.07) is 17.0. The molecule has 37 heavy (non-hydrogen) atoms. The third-order valence-electron chi connectivity index (χ3n) is 6.76. The molecule has 2 atom stereocenters. The lowest BCUT2D eigenvalue weighted by molar-refractivity contribution is -0.170. The number of alkyl halides is 3. The van der Waals surface area contributed by atoms with Crippen molar-refractivity contribution in [2.45, 2.75) is 37.9 Å². The van der Waals surface area contributed by atoms with Crippen LogP contribution in [0.15, 0.2) is 78.0 Å². The highest BCUT2D eigenvalue weighted by molar-refractivity contribution is 6.42. The van der Waals surface area contributed by atoms with Crippen LogP contribution in [0.3, 0.4) is 0 Å². The summed E-state index contributed by atoms with van der Waals surface area (Å²) in [6.07, 6.45) is -4.77. The molecular weight excluding hydrogens is 524 g/mol. The Labute approximate surface area is 221 Å². The first-order valence-corrected chi connectivity index (χ1v) is 12.3. The van der Waals surface area contributed by atoms with Gasteiger partial charge in [-0.05, 0) is 54.7 Å². The maximum Gasteiger partial charge on any atom is 0.471 e. The first-order valence-electron chi connectivity index (χ1n) is 11.6. The summed E-state index contributed by atoms with van der Waals surface area (Å²) in [5.41, 5.74) is 3.08. The molecule has 3 aromatic carbocycles. The molecule has 1 heterocycles. The Balaban J connectivity index is 1.72. The number of Topliss-reactive ketones (excluding diaryl/α,β-unsaturated/α-hetero) is 1. The van der Waals surface area contributed by atoms with Crippen LogP contribution in [0.4, 0.5) is 24.5 Å². The van der Waals surface area contributed by atoms with Crippen LogP contribution in [0.2, 0.25) is 10.0 Å². The minimum atomic E-state index is -5.15. The van der Waals surface area contributed by atoms with E-state index in [0.29, 0.717) is 38.3 Å². The molecule has 0 saturated carbocycles. The Bertz CT molecular complexity index is 1430. The quantitative estimate of drug-likeness (QED) is 0.358. The van der Waals surface area contributed by atoms with Crippen molar-refractivity contribution in [3.63, 3.8) is 0 Å². The van der Waals surface area contributed by atoms with Gasteiger partial charge in [-0.1, -0.05) is 71.2 Å². The van der Waals surface area contributed by atoms with Crippen LogP contribution in [0.25, 0.3) is 0 Å². The van der Waals surface area contributed by atoms with Gasteiger partial charge >= 0.3 is 12.1 Å². The van der Waals surface area contributed by atoms with Crippen molar-refractivity contribution >= 4 is 46.3 Å². The molecular formula is C28H21Cl2F3N2O2. The molecule has 2 aliphatic rings. The summed E-state index contributed by atoms with van der Waals surface area (Å²) in [5.74, 6) is -2.66. The molecule has 0 saturated heterocycles. The SMILES string of the molecule is Cc1ccc(C2C3=C(CC(c4ccc(Cl)c(Cl)c4)CC3=O)Nc3ccccc3N2C(=O)C(F)(F)F)cc1. The fourth-order valence-electron chi connectivity index (χ4n) is 5.02. The standard InChI is InChI=1S/C28H21Cl2F3N2O2/c1-15-6-8-16(9-7-15)26-25-22(13-18(14-24(25)36)17-10-11-19(29)20(30)12-17)34-21-4-2-3-5-23(21)35(26)27(37)28(31,32)33/h2-12,18,26,34H,13-14H2,1H3. The van der Waals surface area contributed by atoms with Crippen LogP contribution in [-0.2, 0) is 9.59 Å². The third kappa shape index (κ3) is 4.74. The molecule has 5 rings (SSSR count). The summed E-state index contributed by atoms with van der Waals surface area (Å²) in [4.78, 5) is 27.4. The molecule has 4 nitrogen and oxygen atoms in total. The van der Waals surface area contributed by atoms with E-state index in [1.165, 1.54) is 6.07 Å². The molecule has 190 valence electrons. The zero-order valence-electron chi connectivity index (χ0n) is 19.6. The van der Waals surface area contributed by atoms with E-state index in [2.05, 4.69) is 5.32 Å². The fraction of sp³-hybridized carbons (Fsp3) is 0.214. The number of allylic oxidation sites excluding steroid dienone is 1. The summed E-state index contributed by atoms with van der Waals surface area (Å²) in [5, 5.41) is 3.94. The lowest BCUT2D eigenvalue weighted by atomic mass is 9.78. The smallest absolute Gasteiger partial charge is 0.357 e. The van der Waals surface area contributed by atoms with Crippen LogP contribution in [0.5, 0.6) is 0 Å². The van der Waals surface area contributed by atoms with E-state index < -0.39 is 18.1 Å². The Morgan fingerprint density at radius 3 is 2.30 bits per heavy atom. The number of hydrogen-bond acceptors (Lipinski definition) is 3. The molecule has 3 aromatic rings. The van der Waals surface area contributed by atoms with Gasteiger partial charge < -0.3 is 5.32 Å². The Kier molecular flexibility index (Phi) is 6.54. The van der Waals surface area contributed by atoms with Crippen molar-refractivity contribution in [2.75, 3.05) is 10.2 Å². The van der Waals surface area contributed by atoms with E-state index in [-0.39, 0.29) is 29.4 Å². The van der Waals surface area contributed by atoms with Gasteiger partial charge in [0.1, 0.15) is 0 Å². The summed E-state index contributed by atoms with van der Waals surface area (Å²) < 4.78 is 41.9. The summed E-state index contributed by atoms with van der Waals surface area (Å²) >= 11 is 12.3. The van der Waals surface area contributed by atoms with Gasteiger partial charge in [0.15, 0.2) is 5.78 Å². The number of amides is 1. The van der Waals surface area contributed by atoms with Gasteiger partial charge in [-0.2, -0.15) is 13.2 Å². The molecule has 0 fully saturated rings. The van der Waals surface area contributed by atoms with Gasteiger partial charge in [0.25, 0.3) is 0 Å². The molecule has 0 spiro atoms. The normalized spacial score (nSPS) is 19.6. The summed E-state index contributed by atoms with van der Waals surface area (Å²) in [6.45, 7) is 1.85. The first kappa shape index (κ1) is 25.4. The van der Waals surface area contributed by atoms with Crippen molar-refractivity contribution in [1.82, 2.24) is 0 Å². The molecule has 0 radical (unpaired) electrons. The predicted octanol–water partition coefficient (Wildman–Crippen LogP) is 7.76. The van der Waals surface area contributed by atoms with E-state index in [4.69, 9.17) is 23.2 Å². The number of ketones is 1. The zero-order chi connectivity index (χ0) is 26.5. The molecule has 0 bridgehead atoms. The van der Waals surface area contributed by atoms with Crippen LogP contribution >= 0.6 is 23.2 Å². The molecule has 1 aliphatic carbocycles. The Hall–Kier alpha value is -3.29. The largest absolute Gasteiger partial charge is 0.471 e. The molecule has 1 aliphatic heterocycles. The zero-order valence-corrected chi connectivity index (χ0v) is 21.1. The topological polar surface area (TPSA) is 49.4 Å². The second-order valence-electron chi connectivity index (χ2n) is 9.22. The van der Waals surface area contributed by atoms with Gasteiger partial charge in [0.05, 0.1) is 27.5 Å². The molecule has 0 aromatic heterocycles. The third-order valence-corrected chi connectivity index (χ3v) is 7.50. The second-order valence-corrected chi connectivity index (χ2v) is 10.0. The van der Waals surface area contributed by atoms with Gasteiger partial charge in [-0.3, -0.25) is 14.5 Å². The van der Waals surface area contributed by atoms with Crippen molar-refractivity contribution in [3.8, 4) is 0 Å². The van der Waals surface area contributed by atoms with E-state index >= 15 is 0 Å². The predicted molar refractivity (Wildman–Crippen MR) is 138 cm³/mol. The number of nitrogens with zero attached hydrogens (tertiary/aromatic N) is 1. The molecule has 1 N–H and O–H groups in total. The van der Waals surface area contributed by atoms with Crippen molar-refractivity contribution in [2.24, 2.45) is 0 Å². The average Bonchev–Trinajstić information content (AvgIpc) is 2.99. The fourth-order valence-corrected chi connectivity index (χ4v) is 5.32. The minimum absolute atomic E-state index is 0.0451. The Morgan fingerprint density at radius 1 is 0.946 bits per heavy atom. The van der Waals surface area contributed by atoms with E-state index in [1.807, 2.05) is 6.92 Å². The maximum atomic E-state index is 14.0. The number of para-hydroxylation sites is 2. The highest BCUT2D eigenvalue weighted by Gasteiger charge is 2.49. The second kappa shape index (κ2) is 9.54. The lowest BCUT2D eigenvalue weighted by Crippen LogP contribution is -2.45. The van der Waals surface area contributed by atoms with E-state index in [0.717, 1.165) is 11.1 Å². The highest BCUT2D eigenvalue weighted by Crippen LogP contribution is 2.48. The minimum Gasteiger partial charge on any atom is -0.357 e. The van der Waals surface area contributed by atoms with Crippen LogP contribution in [0, 0.1) is 6.92 Å². The molecule has 9 heteroatoms. The highest BCUT2D eigenvalue weighted by atomic mass is 35.5. The first-order chi connectivity index (χ1) is 17.5. The lowest BCUT2D eigenvalue weighted by Gasteiger charge is -2.35. The van der Waals surface area contributed by atoms with Crippen molar-refractivity contribution < 1.29 is 22.8 Å². The number of carbonyl (C=O) groups is 2. The van der Waals surface area contributed by atoms with Crippen LogP contribution in [-0.4, -0.2) is 17.9 Å². The summed E-state index contributed by atoms with van der Waals surface area (Å²) in [7, 11) is 0. The number of fused-ring (bicyclic) bond motifs is 1. The van der Waals surface area contributed by atoms with Crippen LogP contribution < -0.4 is 10.2 Å². The number of hydrogen-bond donors (Lipinski definition) is 1. The number of benzene rings is 3.